The smallest absolute Gasteiger partial charge is 0.302 e. The molecular weight excluding hydrogens is 216 g/mol. The van der Waals surface area contributed by atoms with E-state index in [-0.39, 0.29) is 12.1 Å². The van der Waals surface area contributed by atoms with Crippen molar-refractivity contribution in [3.63, 3.8) is 0 Å². The molecule has 0 fully saturated rings. The van der Waals surface area contributed by atoms with Crippen molar-refractivity contribution in [1.82, 2.24) is 0 Å². The fourth-order valence-electron chi connectivity index (χ4n) is 1.81. The maximum atomic E-state index is 10.5. The van der Waals surface area contributed by atoms with Gasteiger partial charge in [-0.3, -0.25) is 4.79 Å². The summed E-state index contributed by atoms with van der Waals surface area (Å²) in [5, 5.41) is 9.62. The number of carbonyl (C=O) groups excluding carboxylic acids is 1. The molecule has 0 aromatic heterocycles. The average molecular weight is 244 g/mol. The van der Waals surface area contributed by atoms with Crippen molar-refractivity contribution >= 4 is 5.97 Å². The summed E-state index contributed by atoms with van der Waals surface area (Å²) in [5.74, 6) is -0.191. The molecular formula is C14H28O3. The third kappa shape index (κ3) is 13.4. The number of rotatable bonds is 11. The SMILES string of the molecule is CCCCC(O)CCCCCCCOC(C)=O. The molecule has 17 heavy (non-hydrogen) atoms. The number of aliphatic hydroxyl groups is 1. The van der Waals surface area contributed by atoms with Crippen LogP contribution < -0.4 is 0 Å². The number of aliphatic hydroxyl groups excluding tert-OH is 1. The first-order valence-electron chi connectivity index (χ1n) is 6.98. The van der Waals surface area contributed by atoms with Crippen LogP contribution in [0.3, 0.4) is 0 Å². The molecule has 3 nitrogen and oxygen atoms in total. The molecule has 0 aromatic carbocycles. The van der Waals surface area contributed by atoms with Gasteiger partial charge in [0.1, 0.15) is 0 Å². The summed E-state index contributed by atoms with van der Waals surface area (Å²) in [5.41, 5.74) is 0. The molecule has 3 heteroatoms. The second-order valence-corrected chi connectivity index (χ2v) is 4.69. The van der Waals surface area contributed by atoms with Gasteiger partial charge in [-0.1, -0.05) is 45.4 Å². The zero-order valence-corrected chi connectivity index (χ0v) is 11.4. The van der Waals surface area contributed by atoms with Gasteiger partial charge in [-0.2, -0.15) is 0 Å². The summed E-state index contributed by atoms with van der Waals surface area (Å²) in [6.07, 6.45) is 9.58. The number of unbranched alkanes of at least 4 members (excludes halogenated alkanes) is 5. The van der Waals surface area contributed by atoms with Crippen LogP contribution in [0.25, 0.3) is 0 Å². The molecule has 102 valence electrons. The summed E-state index contributed by atoms with van der Waals surface area (Å²) < 4.78 is 4.85. The molecule has 0 heterocycles. The van der Waals surface area contributed by atoms with Crippen LogP contribution in [0.15, 0.2) is 0 Å². The lowest BCUT2D eigenvalue weighted by atomic mass is 10.0. The highest BCUT2D eigenvalue weighted by Crippen LogP contribution is 2.11. The Balaban J connectivity index is 3.10. The number of esters is 1. The monoisotopic (exact) mass is 244 g/mol. The minimum absolute atomic E-state index is 0.101. The van der Waals surface area contributed by atoms with Crippen LogP contribution in [0, 0.1) is 0 Å². The van der Waals surface area contributed by atoms with Crippen LogP contribution in [-0.4, -0.2) is 23.8 Å². The third-order valence-electron chi connectivity index (χ3n) is 2.88. The number of carbonyl (C=O) groups is 1. The average Bonchev–Trinajstić information content (AvgIpc) is 2.29. The van der Waals surface area contributed by atoms with Crippen molar-refractivity contribution in [2.75, 3.05) is 6.61 Å². The van der Waals surface area contributed by atoms with E-state index in [4.69, 9.17) is 4.74 Å². The van der Waals surface area contributed by atoms with E-state index in [0.717, 1.165) is 44.9 Å². The van der Waals surface area contributed by atoms with Gasteiger partial charge in [-0.15, -0.1) is 0 Å². The van der Waals surface area contributed by atoms with Crippen molar-refractivity contribution in [3.8, 4) is 0 Å². The van der Waals surface area contributed by atoms with Crippen LogP contribution in [0.2, 0.25) is 0 Å². The molecule has 1 N–H and O–H groups in total. The van der Waals surface area contributed by atoms with Crippen molar-refractivity contribution in [2.45, 2.75) is 77.7 Å². The van der Waals surface area contributed by atoms with Crippen LogP contribution in [0.1, 0.15) is 71.6 Å². The lowest BCUT2D eigenvalue weighted by Gasteiger charge is -2.09. The third-order valence-corrected chi connectivity index (χ3v) is 2.88. The highest BCUT2D eigenvalue weighted by molar-refractivity contribution is 5.65. The molecule has 0 rings (SSSR count). The van der Waals surface area contributed by atoms with Crippen molar-refractivity contribution in [1.29, 1.82) is 0 Å². The number of hydrogen-bond donors (Lipinski definition) is 1. The van der Waals surface area contributed by atoms with Gasteiger partial charge in [0.05, 0.1) is 12.7 Å². The zero-order chi connectivity index (χ0) is 12.9. The molecule has 0 amide bonds. The van der Waals surface area contributed by atoms with E-state index < -0.39 is 0 Å². The van der Waals surface area contributed by atoms with Crippen molar-refractivity contribution < 1.29 is 14.6 Å². The molecule has 0 aromatic rings. The van der Waals surface area contributed by atoms with Gasteiger partial charge < -0.3 is 9.84 Å². The predicted octanol–water partition coefficient (Wildman–Crippen LogP) is 3.44. The van der Waals surface area contributed by atoms with Gasteiger partial charge in [0.15, 0.2) is 0 Å². The van der Waals surface area contributed by atoms with Crippen LogP contribution in [0.5, 0.6) is 0 Å². The van der Waals surface area contributed by atoms with E-state index in [2.05, 4.69) is 6.92 Å². The molecule has 0 saturated heterocycles. The second kappa shape index (κ2) is 11.9. The summed E-state index contributed by atoms with van der Waals surface area (Å²) in [6, 6.07) is 0. The molecule has 0 radical (unpaired) electrons. The second-order valence-electron chi connectivity index (χ2n) is 4.69. The first kappa shape index (κ1) is 16.4. The van der Waals surface area contributed by atoms with Gasteiger partial charge >= 0.3 is 5.97 Å². The quantitative estimate of drug-likeness (QED) is 0.447. The predicted molar refractivity (Wildman–Crippen MR) is 69.9 cm³/mol. The van der Waals surface area contributed by atoms with Crippen molar-refractivity contribution in [3.05, 3.63) is 0 Å². The molecule has 0 bridgehead atoms. The minimum atomic E-state index is -0.191. The van der Waals surface area contributed by atoms with Gasteiger partial charge in [0.25, 0.3) is 0 Å². The molecule has 0 saturated carbocycles. The molecule has 1 unspecified atom stereocenters. The van der Waals surface area contributed by atoms with Crippen LogP contribution in [0.4, 0.5) is 0 Å². The standard InChI is InChI=1S/C14H28O3/c1-3-4-10-14(16)11-8-6-5-7-9-12-17-13(2)15/h14,16H,3-12H2,1-2H3. The maximum absolute atomic E-state index is 10.5. The topological polar surface area (TPSA) is 46.5 Å². The summed E-state index contributed by atoms with van der Waals surface area (Å²) >= 11 is 0. The fraction of sp³-hybridized carbons (Fsp3) is 0.929. The van der Waals surface area contributed by atoms with E-state index in [1.807, 2.05) is 0 Å². The molecule has 0 aliphatic rings. The Hall–Kier alpha value is -0.570. The zero-order valence-electron chi connectivity index (χ0n) is 11.4. The van der Waals surface area contributed by atoms with E-state index in [1.165, 1.54) is 19.8 Å². The normalized spacial score (nSPS) is 12.4. The van der Waals surface area contributed by atoms with Gasteiger partial charge in [-0.05, 0) is 19.3 Å². The minimum Gasteiger partial charge on any atom is -0.466 e. The van der Waals surface area contributed by atoms with E-state index in [9.17, 15) is 9.90 Å². The summed E-state index contributed by atoms with van der Waals surface area (Å²) in [7, 11) is 0. The lowest BCUT2D eigenvalue weighted by Crippen LogP contribution is -2.05. The summed E-state index contributed by atoms with van der Waals surface area (Å²) in [4.78, 5) is 10.5. The van der Waals surface area contributed by atoms with Gasteiger partial charge in [0.2, 0.25) is 0 Å². The fourth-order valence-corrected chi connectivity index (χ4v) is 1.81. The Morgan fingerprint density at radius 1 is 1.06 bits per heavy atom. The van der Waals surface area contributed by atoms with E-state index >= 15 is 0 Å². The van der Waals surface area contributed by atoms with Gasteiger partial charge in [-0.25, -0.2) is 0 Å². The highest BCUT2D eigenvalue weighted by atomic mass is 16.5. The van der Waals surface area contributed by atoms with E-state index in [1.54, 1.807) is 0 Å². The molecule has 0 aliphatic carbocycles. The van der Waals surface area contributed by atoms with E-state index in [0.29, 0.717) is 6.61 Å². The number of hydrogen-bond acceptors (Lipinski definition) is 3. The Bertz CT molecular complexity index is 180. The van der Waals surface area contributed by atoms with Crippen LogP contribution in [-0.2, 0) is 9.53 Å². The molecule has 0 spiro atoms. The lowest BCUT2D eigenvalue weighted by molar-refractivity contribution is -0.141. The number of ether oxygens (including phenoxy) is 1. The van der Waals surface area contributed by atoms with Crippen molar-refractivity contribution in [2.24, 2.45) is 0 Å². The Morgan fingerprint density at radius 3 is 2.29 bits per heavy atom. The first-order valence-corrected chi connectivity index (χ1v) is 6.98. The summed E-state index contributed by atoms with van der Waals surface area (Å²) in [6.45, 7) is 4.14. The Kier molecular flexibility index (Phi) is 11.5. The highest BCUT2D eigenvalue weighted by Gasteiger charge is 2.02. The molecule has 0 aliphatic heterocycles. The molecule has 1 atom stereocenters. The maximum Gasteiger partial charge on any atom is 0.302 e. The van der Waals surface area contributed by atoms with Gasteiger partial charge in [0, 0.05) is 6.92 Å². The Morgan fingerprint density at radius 2 is 1.65 bits per heavy atom. The van der Waals surface area contributed by atoms with Crippen LogP contribution >= 0.6 is 0 Å². The Labute approximate surface area is 106 Å². The first-order chi connectivity index (χ1) is 8.16. The largest absolute Gasteiger partial charge is 0.466 e.